The van der Waals surface area contributed by atoms with Crippen molar-refractivity contribution < 1.29 is 26.0 Å². The number of unbranched alkanes of at least 4 members (excludes halogenated alkanes) is 4. The average molecular weight is 1040 g/mol. The molecule has 2 amide bonds. The fraction of sp³-hybridized carbons (Fsp3) is 0.632. The van der Waals surface area contributed by atoms with Crippen LogP contribution in [-0.4, -0.2) is 85.1 Å². The van der Waals surface area contributed by atoms with Crippen LogP contribution in [0.15, 0.2) is 43.0 Å². The second-order valence-electron chi connectivity index (χ2n) is 19.3. The van der Waals surface area contributed by atoms with Crippen molar-refractivity contribution in [3.05, 3.63) is 52.7 Å². The third kappa shape index (κ3) is 14.0. The smallest absolute Gasteiger partial charge is 0.314 e. The summed E-state index contributed by atoms with van der Waals surface area (Å²) in [6.07, 6.45) is 5.52. The topological polar surface area (TPSA) is 77.5 Å². The SMILES string of the molecule is C[Si](C)(C)O[Si](C)(CCCCCN1C(=O)C2=C(c3ccc(Br)s3)N(CCCCC[Si](C)(O[Si](C)(C)C)O[Si](C)(C)C)C(=O)C2=C1c1ccc(Br)s1)O[Si](C)(C)C. The maximum atomic E-state index is 14.7. The molecule has 0 bridgehead atoms. The van der Waals surface area contributed by atoms with Crippen molar-refractivity contribution in [3.63, 3.8) is 0 Å². The van der Waals surface area contributed by atoms with Crippen molar-refractivity contribution in [2.24, 2.45) is 0 Å². The number of carbonyl (C=O) groups is 2. The Morgan fingerprint density at radius 2 is 0.786 bits per heavy atom. The van der Waals surface area contributed by atoms with Gasteiger partial charge in [0.2, 0.25) is 0 Å². The monoisotopic (exact) mass is 1040 g/mol. The minimum absolute atomic E-state index is 0.0769. The summed E-state index contributed by atoms with van der Waals surface area (Å²) in [6.45, 7) is 32.5. The van der Waals surface area contributed by atoms with Crippen molar-refractivity contribution in [1.82, 2.24) is 9.80 Å². The molecule has 0 fully saturated rings. The Morgan fingerprint density at radius 3 is 1.04 bits per heavy atom. The van der Waals surface area contributed by atoms with E-state index in [9.17, 15) is 9.59 Å². The van der Waals surface area contributed by atoms with Gasteiger partial charge in [-0.05, 0) is 173 Å². The lowest BCUT2D eigenvalue weighted by Gasteiger charge is -2.38. The summed E-state index contributed by atoms with van der Waals surface area (Å²) in [5.74, 6) is -0.154. The minimum atomic E-state index is -2.34. The van der Waals surface area contributed by atoms with Gasteiger partial charge < -0.3 is 26.3 Å². The molecule has 314 valence electrons. The molecular weight excluding hydrogens is 973 g/mol. The van der Waals surface area contributed by atoms with Crippen LogP contribution in [0.25, 0.3) is 11.4 Å². The van der Waals surface area contributed by atoms with Crippen LogP contribution in [0.3, 0.4) is 0 Å². The third-order valence-corrected chi connectivity index (χ3v) is 31.4. The van der Waals surface area contributed by atoms with Crippen LogP contribution in [0.2, 0.25) is 104 Å². The first-order chi connectivity index (χ1) is 25.6. The van der Waals surface area contributed by atoms with E-state index in [-0.39, 0.29) is 11.8 Å². The first-order valence-electron chi connectivity index (χ1n) is 20.0. The lowest BCUT2D eigenvalue weighted by Crippen LogP contribution is -2.52. The molecule has 0 radical (unpaired) electrons. The molecule has 0 aliphatic carbocycles. The van der Waals surface area contributed by atoms with Crippen LogP contribution in [0.4, 0.5) is 0 Å². The maximum Gasteiger partial charge on any atom is 0.314 e. The molecule has 0 atom stereocenters. The van der Waals surface area contributed by atoms with Crippen molar-refractivity contribution in [1.29, 1.82) is 0 Å². The van der Waals surface area contributed by atoms with E-state index in [1.54, 1.807) is 22.7 Å². The molecule has 0 unspecified atom stereocenters. The number of halogens is 2. The second-order valence-corrected chi connectivity index (χ2v) is 49.9. The molecule has 4 rings (SSSR count). The molecule has 0 N–H and O–H groups in total. The lowest BCUT2D eigenvalue weighted by molar-refractivity contribution is -0.124. The van der Waals surface area contributed by atoms with E-state index >= 15 is 0 Å². The van der Waals surface area contributed by atoms with Gasteiger partial charge in [0.05, 0.1) is 39.9 Å². The Bertz CT molecular complexity index is 1630. The number of nitrogens with zero attached hydrogens (tertiary/aromatic N) is 2. The van der Waals surface area contributed by atoms with Crippen LogP contribution in [0, 0.1) is 0 Å². The highest BCUT2D eigenvalue weighted by Crippen LogP contribution is 2.49. The molecule has 2 aliphatic heterocycles. The Balaban J connectivity index is 1.55. The fourth-order valence-corrected chi connectivity index (χ4v) is 36.0. The molecular formula is C38H66Br2N2O6S2Si6. The lowest BCUT2D eigenvalue weighted by atomic mass is 10.1. The normalized spacial score (nSPS) is 16.4. The molecule has 8 nitrogen and oxygen atoms in total. The number of rotatable bonds is 22. The number of hydrogen-bond acceptors (Lipinski definition) is 8. The second kappa shape index (κ2) is 18.9. The van der Waals surface area contributed by atoms with E-state index in [0.29, 0.717) is 24.2 Å². The number of fused-ring (bicyclic) bond motifs is 1. The molecule has 0 saturated heterocycles. The largest absolute Gasteiger partial charge is 0.437 e. The summed E-state index contributed by atoms with van der Waals surface area (Å²) in [5.41, 5.74) is 2.59. The van der Waals surface area contributed by atoms with Gasteiger partial charge in [0.1, 0.15) is 0 Å². The standard InChI is InChI=1S/C38H66Br2N2O6S2Si6/c1-51(2,3)45-55(13,46-52(4,5)6)27-19-15-17-25-41-35(29-21-23-31(39)49-29)33-34(37(41)43)36(30-22-24-32(40)50-30)42(38(33)44)26-18-16-20-28-56(14,47-53(7,8)9)48-54(10,11)12/h21-24H,15-20,25-28H2,1-14H3. The molecule has 0 saturated carbocycles. The van der Waals surface area contributed by atoms with Gasteiger partial charge in [-0.15, -0.1) is 22.7 Å². The molecule has 18 heteroatoms. The summed E-state index contributed by atoms with van der Waals surface area (Å²) in [7, 11) is -11.8. The Morgan fingerprint density at radius 1 is 0.482 bits per heavy atom. The Kier molecular flexibility index (Phi) is 16.4. The highest BCUT2D eigenvalue weighted by Gasteiger charge is 2.49. The van der Waals surface area contributed by atoms with E-state index in [2.05, 4.69) is 124 Å². The predicted molar refractivity (Wildman–Crippen MR) is 260 cm³/mol. The van der Waals surface area contributed by atoms with Crippen molar-refractivity contribution in [3.8, 4) is 0 Å². The van der Waals surface area contributed by atoms with Gasteiger partial charge in [-0.2, -0.15) is 0 Å². The highest BCUT2D eigenvalue weighted by atomic mass is 79.9. The van der Waals surface area contributed by atoms with Crippen LogP contribution in [0.5, 0.6) is 0 Å². The van der Waals surface area contributed by atoms with Gasteiger partial charge >= 0.3 is 17.1 Å². The maximum absolute atomic E-state index is 14.7. The average Bonchev–Trinajstić information content (AvgIpc) is 3.74. The zero-order valence-corrected chi connectivity index (χ0v) is 47.1. The Labute approximate surface area is 369 Å². The highest BCUT2D eigenvalue weighted by molar-refractivity contribution is 9.11. The summed E-state index contributed by atoms with van der Waals surface area (Å²) in [4.78, 5) is 35.0. The molecule has 56 heavy (non-hydrogen) atoms. The van der Waals surface area contributed by atoms with Crippen molar-refractivity contribution in [2.45, 2.75) is 142 Å². The van der Waals surface area contributed by atoms with Crippen LogP contribution in [-0.2, 0) is 26.0 Å². The summed E-state index contributed by atoms with van der Waals surface area (Å²) in [5, 5.41) is 0. The third-order valence-electron chi connectivity index (χ3n) is 8.91. The van der Waals surface area contributed by atoms with E-state index in [0.717, 1.165) is 79.3 Å². The number of hydrogen-bond donors (Lipinski definition) is 0. The molecule has 4 heterocycles. The molecule has 0 aromatic carbocycles. The van der Waals surface area contributed by atoms with Gasteiger partial charge in [-0.3, -0.25) is 9.59 Å². The zero-order valence-electron chi connectivity index (χ0n) is 36.3. The fourth-order valence-electron chi connectivity index (χ4n) is 7.84. The number of amides is 2. The van der Waals surface area contributed by atoms with E-state index < -0.39 is 50.4 Å². The van der Waals surface area contributed by atoms with Crippen LogP contribution >= 0.6 is 54.5 Å². The van der Waals surface area contributed by atoms with Gasteiger partial charge in [0, 0.05) is 13.1 Å². The summed E-state index contributed by atoms with van der Waals surface area (Å²) < 4.78 is 28.9. The van der Waals surface area contributed by atoms with E-state index in [1.165, 1.54) is 0 Å². The molecule has 2 aliphatic rings. The first kappa shape index (κ1) is 48.6. The summed E-state index contributed by atoms with van der Waals surface area (Å²) in [6, 6.07) is 9.95. The van der Waals surface area contributed by atoms with Crippen LogP contribution < -0.4 is 0 Å². The summed E-state index contributed by atoms with van der Waals surface area (Å²) >= 11 is 10.4. The van der Waals surface area contributed by atoms with E-state index in [4.69, 9.17) is 16.5 Å². The van der Waals surface area contributed by atoms with Gasteiger partial charge in [0.15, 0.2) is 33.3 Å². The van der Waals surface area contributed by atoms with Gasteiger partial charge in [0.25, 0.3) is 11.8 Å². The first-order valence-corrected chi connectivity index (χ1v) is 41.9. The molecule has 2 aromatic rings. The van der Waals surface area contributed by atoms with Crippen molar-refractivity contribution >= 4 is 128 Å². The quantitative estimate of drug-likeness (QED) is 0.0864. The zero-order chi connectivity index (χ0) is 42.1. The van der Waals surface area contributed by atoms with Gasteiger partial charge in [-0.25, -0.2) is 0 Å². The molecule has 2 aromatic heterocycles. The van der Waals surface area contributed by atoms with Crippen LogP contribution in [0.1, 0.15) is 48.3 Å². The number of thiophene rings is 2. The minimum Gasteiger partial charge on any atom is -0.437 e. The van der Waals surface area contributed by atoms with Gasteiger partial charge in [-0.1, -0.05) is 25.7 Å². The Hall–Kier alpha value is -0.0787. The van der Waals surface area contributed by atoms with E-state index in [1.807, 2.05) is 34.1 Å². The molecule has 0 spiro atoms. The predicted octanol–water partition coefficient (Wildman–Crippen LogP) is 13.0. The van der Waals surface area contributed by atoms with Crippen molar-refractivity contribution in [2.75, 3.05) is 13.1 Å². The number of carbonyl (C=O) groups excluding carboxylic acids is 2.